The first-order valence-electron chi connectivity index (χ1n) is 7.24. The van der Waals surface area contributed by atoms with Gasteiger partial charge in [0.05, 0.1) is 19.1 Å². The summed E-state index contributed by atoms with van der Waals surface area (Å²) in [6, 6.07) is 8.95. The molecule has 0 bridgehead atoms. The summed E-state index contributed by atoms with van der Waals surface area (Å²) in [6.07, 6.45) is 0.907. The van der Waals surface area contributed by atoms with Gasteiger partial charge in [0.2, 0.25) is 0 Å². The third-order valence-electron chi connectivity index (χ3n) is 3.86. The van der Waals surface area contributed by atoms with Crippen LogP contribution in [-0.2, 0) is 9.53 Å². The second-order valence-electron chi connectivity index (χ2n) is 5.42. The van der Waals surface area contributed by atoms with Gasteiger partial charge in [0.15, 0.2) is 0 Å². The number of carboxylic acids is 1. The smallest absolute Gasteiger partial charge is 0.306 e. The van der Waals surface area contributed by atoms with E-state index in [1.807, 2.05) is 0 Å². The number of aliphatic carboxylic acids is 1. The van der Waals surface area contributed by atoms with Crippen LogP contribution < -0.4 is 0 Å². The summed E-state index contributed by atoms with van der Waals surface area (Å²) in [5, 5.41) is 8.90. The van der Waals surface area contributed by atoms with Gasteiger partial charge in [-0.25, -0.2) is 0 Å². The number of carbonyl (C=O) groups is 1. The number of nitrogens with zero attached hydrogens (tertiary/aromatic N) is 1. The standard InChI is InChI=1S/C16H23NO3/c1-3-15(13-6-4-12(2)5-7-13)17-8-9-20-14(11-17)10-16(18)19/h4-7,14-15H,3,8-11H2,1-2H3,(H,18,19). The summed E-state index contributed by atoms with van der Waals surface area (Å²) >= 11 is 0. The minimum absolute atomic E-state index is 0.0842. The van der Waals surface area contributed by atoms with Crippen LogP contribution in [0.15, 0.2) is 24.3 Å². The summed E-state index contributed by atoms with van der Waals surface area (Å²) in [6.45, 7) is 6.43. The fraction of sp³-hybridized carbons (Fsp3) is 0.562. The van der Waals surface area contributed by atoms with Crippen LogP contribution in [0.1, 0.15) is 36.9 Å². The molecule has 0 aromatic heterocycles. The molecule has 0 spiro atoms. The van der Waals surface area contributed by atoms with Crippen molar-refractivity contribution in [2.75, 3.05) is 19.7 Å². The van der Waals surface area contributed by atoms with E-state index in [0.717, 1.165) is 13.0 Å². The van der Waals surface area contributed by atoms with Crippen LogP contribution in [0.4, 0.5) is 0 Å². The van der Waals surface area contributed by atoms with Gasteiger partial charge in [-0.15, -0.1) is 0 Å². The van der Waals surface area contributed by atoms with E-state index in [9.17, 15) is 4.79 Å². The van der Waals surface area contributed by atoms with Gasteiger partial charge in [0.1, 0.15) is 0 Å². The molecule has 4 heteroatoms. The van der Waals surface area contributed by atoms with Gasteiger partial charge >= 0.3 is 5.97 Å². The molecule has 1 aromatic carbocycles. The largest absolute Gasteiger partial charge is 0.481 e. The van der Waals surface area contributed by atoms with Gasteiger partial charge < -0.3 is 9.84 Å². The molecule has 1 saturated heterocycles. The van der Waals surface area contributed by atoms with Crippen LogP contribution in [0.5, 0.6) is 0 Å². The zero-order valence-corrected chi connectivity index (χ0v) is 12.2. The molecule has 1 heterocycles. The number of morpholine rings is 1. The van der Waals surface area contributed by atoms with Crippen LogP contribution in [0, 0.1) is 6.92 Å². The van der Waals surface area contributed by atoms with Crippen molar-refractivity contribution in [2.45, 2.75) is 38.8 Å². The average molecular weight is 277 g/mol. The molecule has 2 rings (SSSR count). The third kappa shape index (κ3) is 3.81. The van der Waals surface area contributed by atoms with Gasteiger partial charge in [-0.1, -0.05) is 36.8 Å². The molecule has 20 heavy (non-hydrogen) atoms. The minimum atomic E-state index is -0.791. The Balaban J connectivity index is 2.06. The molecule has 0 aliphatic carbocycles. The van der Waals surface area contributed by atoms with E-state index in [4.69, 9.17) is 9.84 Å². The predicted molar refractivity (Wildman–Crippen MR) is 77.8 cm³/mol. The number of aryl methyl sites for hydroxylation is 1. The Labute approximate surface area is 120 Å². The summed E-state index contributed by atoms with van der Waals surface area (Å²) in [5.74, 6) is -0.791. The average Bonchev–Trinajstić information content (AvgIpc) is 2.41. The van der Waals surface area contributed by atoms with Crippen molar-refractivity contribution < 1.29 is 14.6 Å². The molecule has 1 aliphatic rings. The van der Waals surface area contributed by atoms with Crippen molar-refractivity contribution in [3.63, 3.8) is 0 Å². The van der Waals surface area contributed by atoms with Crippen molar-refractivity contribution in [3.8, 4) is 0 Å². The molecule has 1 aliphatic heterocycles. The highest BCUT2D eigenvalue weighted by molar-refractivity contribution is 5.67. The molecular formula is C16H23NO3. The monoisotopic (exact) mass is 277 g/mol. The molecule has 2 unspecified atom stereocenters. The van der Waals surface area contributed by atoms with E-state index < -0.39 is 5.97 Å². The van der Waals surface area contributed by atoms with E-state index in [2.05, 4.69) is 43.0 Å². The lowest BCUT2D eigenvalue weighted by molar-refractivity contribution is -0.142. The predicted octanol–water partition coefficient (Wildman–Crippen LogP) is 2.62. The van der Waals surface area contributed by atoms with Crippen LogP contribution in [0.25, 0.3) is 0 Å². The highest BCUT2D eigenvalue weighted by Gasteiger charge is 2.27. The highest BCUT2D eigenvalue weighted by atomic mass is 16.5. The van der Waals surface area contributed by atoms with Gasteiger partial charge in [-0.2, -0.15) is 0 Å². The summed E-state index contributed by atoms with van der Waals surface area (Å²) in [5.41, 5.74) is 2.56. The van der Waals surface area contributed by atoms with Gasteiger partial charge in [0.25, 0.3) is 0 Å². The summed E-state index contributed by atoms with van der Waals surface area (Å²) in [4.78, 5) is 13.2. The van der Waals surface area contributed by atoms with Crippen LogP contribution in [0.3, 0.4) is 0 Å². The van der Waals surface area contributed by atoms with E-state index in [-0.39, 0.29) is 12.5 Å². The lowest BCUT2D eigenvalue weighted by Gasteiger charge is -2.38. The topological polar surface area (TPSA) is 49.8 Å². The van der Waals surface area contributed by atoms with Crippen LogP contribution in [0.2, 0.25) is 0 Å². The second-order valence-corrected chi connectivity index (χ2v) is 5.42. The number of hydrogen-bond acceptors (Lipinski definition) is 3. The number of carboxylic acid groups (broad SMARTS) is 1. The Bertz CT molecular complexity index is 444. The van der Waals surface area contributed by atoms with E-state index in [1.165, 1.54) is 11.1 Å². The number of ether oxygens (including phenoxy) is 1. The van der Waals surface area contributed by atoms with Gasteiger partial charge in [0, 0.05) is 19.1 Å². The lowest BCUT2D eigenvalue weighted by Crippen LogP contribution is -2.44. The minimum Gasteiger partial charge on any atom is -0.481 e. The number of hydrogen-bond donors (Lipinski definition) is 1. The van der Waals surface area contributed by atoms with Gasteiger partial charge in [-0.3, -0.25) is 9.69 Å². The first kappa shape index (κ1) is 15.0. The van der Waals surface area contributed by atoms with Crippen molar-refractivity contribution in [1.82, 2.24) is 4.90 Å². The fourth-order valence-corrected chi connectivity index (χ4v) is 2.84. The van der Waals surface area contributed by atoms with Crippen LogP contribution in [-0.4, -0.2) is 41.8 Å². The van der Waals surface area contributed by atoms with Crippen molar-refractivity contribution in [1.29, 1.82) is 0 Å². The number of benzene rings is 1. The van der Waals surface area contributed by atoms with E-state index >= 15 is 0 Å². The normalized spacial score (nSPS) is 21.6. The third-order valence-corrected chi connectivity index (χ3v) is 3.86. The summed E-state index contributed by atoms with van der Waals surface area (Å²) < 4.78 is 5.55. The molecule has 1 fully saturated rings. The fourth-order valence-electron chi connectivity index (χ4n) is 2.84. The quantitative estimate of drug-likeness (QED) is 0.899. The molecule has 1 N–H and O–H groups in total. The van der Waals surface area contributed by atoms with Gasteiger partial charge in [-0.05, 0) is 18.9 Å². The first-order valence-corrected chi connectivity index (χ1v) is 7.24. The Morgan fingerprint density at radius 2 is 2.15 bits per heavy atom. The maximum Gasteiger partial charge on any atom is 0.306 e. The maximum absolute atomic E-state index is 10.8. The molecule has 110 valence electrons. The Kier molecular flexibility index (Phi) is 5.15. The SMILES string of the molecule is CCC(c1ccc(C)cc1)N1CCOC(CC(=O)O)C1. The Morgan fingerprint density at radius 1 is 1.45 bits per heavy atom. The second kappa shape index (κ2) is 6.86. The molecule has 0 amide bonds. The molecule has 2 atom stereocenters. The Morgan fingerprint density at radius 3 is 2.75 bits per heavy atom. The highest BCUT2D eigenvalue weighted by Crippen LogP contribution is 2.26. The Hall–Kier alpha value is -1.39. The zero-order chi connectivity index (χ0) is 14.5. The maximum atomic E-state index is 10.8. The lowest BCUT2D eigenvalue weighted by atomic mass is 10.00. The first-order chi connectivity index (χ1) is 9.60. The van der Waals surface area contributed by atoms with Crippen LogP contribution >= 0.6 is 0 Å². The molecule has 0 saturated carbocycles. The molecule has 4 nitrogen and oxygen atoms in total. The van der Waals surface area contributed by atoms with E-state index in [0.29, 0.717) is 19.2 Å². The number of rotatable bonds is 5. The zero-order valence-electron chi connectivity index (χ0n) is 12.2. The molecule has 1 aromatic rings. The van der Waals surface area contributed by atoms with Crippen molar-refractivity contribution in [2.24, 2.45) is 0 Å². The molecular weight excluding hydrogens is 254 g/mol. The van der Waals surface area contributed by atoms with E-state index in [1.54, 1.807) is 0 Å². The summed E-state index contributed by atoms with van der Waals surface area (Å²) in [7, 11) is 0. The van der Waals surface area contributed by atoms with Crippen molar-refractivity contribution in [3.05, 3.63) is 35.4 Å². The van der Waals surface area contributed by atoms with Crippen molar-refractivity contribution >= 4 is 5.97 Å². The molecule has 0 radical (unpaired) electrons.